The lowest BCUT2D eigenvalue weighted by molar-refractivity contribution is -0.127. The highest BCUT2D eigenvalue weighted by atomic mass is 19.1. The van der Waals surface area contributed by atoms with Crippen molar-refractivity contribution in [1.29, 1.82) is 0 Å². The minimum Gasteiger partial charge on any atom is -0.370 e. The number of nitrogens with one attached hydrogen (secondary N) is 2. The van der Waals surface area contributed by atoms with Crippen molar-refractivity contribution in [3.05, 3.63) is 29.6 Å². The smallest absolute Gasteiger partial charge is 0.222 e. The molecule has 1 aliphatic rings. The number of amides is 1. The number of hydrogen-bond donors (Lipinski definition) is 2. The third kappa shape index (κ3) is 6.39. The Kier molecular flexibility index (Phi) is 9.04. The summed E-state index contributed by atoms with van der Waals surface area (Å²) in [6, 6.07) is 5.34. The van der Waals surface area contributed by atoms with Crippen LogP contribution in [0.1, 0.15) is 45.6 Å². The molecule has 0 spiro atoms. The summed E-state index contributed by atoms with van der Waals surface area (Å²) < 4.78 is 14.4. The molecular weight excluding hydrogens is 357 g/mol. The van der Waals surface area contributed by atoms with Gasteiger partial charge in [-0.05, 0) is 51.3 Å². The van der Waals surface area contributed by atoms with Crippen molar-refractivity contribution in [2.45, 2.75) is 46.6 Å². The van der Waals surface area contributed by atoms with Crippen LogP contribution < -0.4 is 15.5 Å². The highest BCUT2D eigenvalue weighted by Gasteiger charge is 2.18. The van der Waals surface area contributed by atoms with E-state index in [-0.39, 0.29) is 11.7 Å². The molecule has 0 bridgehead atoms. The Morgan fingerprint density at radius 3 is 2.64 bits per heavy atom. The molecule has 0 atom stereocenters. The van der Waals surface area contributed by atoms with Crippen LogP contribution in [0.4, 0.5) is 10.1 Å². The molecule has 6 nitrogen and oxygen atoms in total. The van der Waals surface area contributed by atoms with Crippen LogP contribution in [0.5, 0.6) is 0 Å². The summed E-state index contributed by atoms with van der Waals surface area (Å²) in [5.41, 5.74) is 1.48. The summed E-state index contributed by atoms with van der Waals surface area (Å²) in [6.07, 6.45) is 2.53. The summed E-state index contributed by atoms with van der Waals surface area (Å²) >= 11 is 0. The summed E-state index contributed by atoms with van der Waals surface area (Å²) in [6.45, 7) is 11.2. The number of aliphatic imine (C=N–C) groups is 1. The Bertz CT molecular complexity index is 660. The standard InChI is InChI=1S/C21H34FN5O/c1-4-23-21(24-12-8-14-27-13-7-9-20(27)28)25-16-17-10-11-19(18(22)15-17)26(5-2)6-3/h10-11,15H,4-9,12-14,16H2,1-3H3,(H2,23,24,25). The largest absolute Gasteiger partial charge is 0.370 e. The second kappa shape index (κ2) is 11.5. The highest BCUT2D eigenvalue weighted by molar-refractivity contribution is 5.80. The molecule has 0 saturated carbocycles. The van der Waals surface area contributed by atoms with Gasteiger partial charge in [-0.3, -0.25) is 4.79 Å². The molecule has 0 aliphatic carbocycles. The van der Waals surface area contributed by atoms with Crippen LogP contribution in [-0.2, 0) is 11.3 Å². The van der Waals surface area contributed by atoms with Crippen molar-refractivity contribution < 1.29 is 9.18 Å². The predicted molar refractivity (Wildman–Crippen MR) is 113 cm³/mol. The van der Waals surface area contributed by atoms with Gasteiger partial charge in [0.05, 0.1) is 12.2 Å². The molecule has 0 unspecified atom stereocenters. The van der Waals surface area contributed by atoms with Gasteiger partial charge in [0.15, 0.2) is 5.96 Å². The van der Waals surface area contributed by atoms with Gasteiger partial charge >= 0.3 is 0 Å². The zero-order valence-electron chi connectivity index (χ0n) is 17.4. The first kappa shape index (κ1) is 22.0. The first-order chi connectivity index (χ1) is 13.6. The first-order valence-electron chi connectivity index (χ1n) is 10.4. The molecule has 156 valence electrons. The Balaban J connectivity index is 1.87. The molecular formula is C21H34FN5O. The van der Waals surface area contributed by atoms with Crippen molar-refractivity contribution in [2.24, 2.45) is 4.99 Å². The van der Waals surface area contributed by atoms with Gasteiger partial charge in [0.1, 0.15) is 5.82 Å². The quantitative estimate of drug-likeness (QED) is 0.366. The van der Waals surface area contributed by atoms with Gasteiger partial charge in [0.2, 0.25) is 5.91 Å². The zero-order valence-corrected chi connectivity index (χ0v) is 17.4. The van der Waals surface area contributed by atoms with E-state index in [0.717, 1.165) is 57.7 Å². The third-order valence-electron chi connectivity index (χ3n) is 4.95. The second-order valence-electron chi connectivity index (χ2n) is 6.92. The van der Waals surface area contributed by atoms with E-state index in [9.17, 15) is 9.18 Å². The Hall–Kier alpha value is -2.31. The molecule has 0 aromatic heterocycles. The molecule has 1 aromatic rings. The van der Waals surface area contributed by atoms with Crippen molar-refractivity contribution in [2.75, 3.05) is 44.2 Å². The molecule has 1 heterocycles. The molecule has 1 amide bonds. The highest BCUT2D eigenvalue weighted by Crippen LogP contribution is 2.20. The fraction of sp³-hybridized carbons (Fsp3) is 0.619. The number of hydrogen-bond acceptors (Lipinski definition) is 3. The van der Waals surface area contributed by atoms with Gasteiger partial charge in [-0.25, -0.2) is 9.38 Å². The maximum absolute atomic E-state index is 14.4. The number of guanidine groups is 1. The third-order valence-corrected chi connectivity index (χ3v) is 4.95. The van der Waals surface area contributed by atoms with E-state index in [2.05, 4.69) is 15.6 Å². The van der Waals surface area contributed by atoms with E-state index >= 15 is 0 Å². The number of halogens is 1. The maximum atomic E-state index is 14.4. The minimum atomic E-state index is -0.204. The van der Waals surface area contributed by atoms with Gasteiger partial charge in [-0.15, -0.1) is 0 Å². The summed E-state index contributed by atoms with van der Waals surface area (Å²) in [5, 5.41) is 6.50. The number of likely N-dealkylation sites (tertiary alicyclic amines) is 1. The van der Waals surface area contributed by atoms with Gasteiger partial charge in [0, 0.05) is 45.7 Å². The van der Waals surface area contributed by atoms with Gasteiger partial charge in [0.25, 0.3) is 0 Å². The van der Waals surface area contributed by atoms with Crippen LogP contribution in [0.15, 0.2) is 23.2 Å². The normalized spacial score (nSPS) is 14.5. The van der Waals surface area contributed by atoms with Crippen molar-refractivity contribution in [3.63, 3.8) is 0 Å². The molecule has 1 fully saturated rings. The Morgan fingerprint density at radius 2 is 2.04 bits per heavy atom. The van der Waals surface area contributed by atoms with Gasteiger partial charge in [-0.2, -0.15) is 0 Å². The monoisotopic (exact) mass is 391 g/mol. The van der Waals surface area contributed by atoms with E-state index in [1.165, 1.54) is 0 Å². The van der Waals surface area contributed by atoms with Crippen LogP contribution in [0, 0.1) is 5.82 Å². The molecule has 1 saturated heterocycles. The second-order valence-corrected chi connectivity index (χ2v) is 6.92. The number of benzene rings is 1. The van der Waals surface area contributed by atoms with Crippen molar-refractivity contribution in [3.8, 4) is 0 Å². The van der Waals surface area contributed by atoms with E-state index in [4.69, 9.17) is 0 Å². The maximum Gasteiger partial charge on any atom is 0.222 e. The minimum absolute atomic E-state index is 0.204. The van der Waals surface area contributed by atoms with E-state index in [0.29, 0.717) is 24.6 Å². The molecule has 1 aliphatic heterocycles. The van der Waals surface area contributed by atoms with Crippen LogP contribution in [-0.4, -0.2) is 56.0 Å². The molecule has 7 heteroatoms. The Labute approximate surface area is 168 Å². The predicted octanol–water partition coefficient (Wildman–Crippen LogP) is 2.74. The lowest BCUT2D eigenvalue weighted by atomic mass is 10.2. The van der Waals surface area contributed by atoms with Crippen LogP contribution in [0.3, 0.4) is 0 Å². The van der Waals surface area contributed by atoms with Gasteiger partial charge in [-0.1, -0.05) is 6.07 Å². The zero-order chi connectivity index (χ0) is 20.4. The van der Waals surface area contributed by atoms with Crippen LogP contribution in [0.2, 0.25) is 0 Å². The lowest BCUT2D eigenvalue weighted by Crippen LogP contribution is -2.39. The van der Waals surface area contributed by atoms with E-state index in [1.807, 2.05) is 42.7 Å². The summed E-state index contributed by atoms with van der Waals surface area (Å²) in [5.74, 6) is 0.767. The van der Waals surface area contributed by atoms with Gasteiger partial charge < -0.3 is 20.4 Å². The van der Waals surface area contributed by atoms with Crippen LogP contribution in [0.25, 0.3) is 0 Å². The summed E-state index contributed by atoms with van der Waals surface area (Å²) in [4.78, 5) is 20.1. The number of carbonyl (C=O) groups is 1. The van der Waals surface area contributed by atoms with Crippen molar-refractivity contribution in [1.82, 2.24) is 15.5 Å². The van der Waals surface area contributed by atoms with Crippen molar-refractivity contribution >= 4 is 17.6 Å². The molecule has 1 aromatic carbocycles. The number of rotatable bonds is 10. The summed E-state index contributed by atoms with van der Waals surface area (Å²) in [7, 11) is 0. The average molecular weight is 392 g/mol. The average Bonchev–Trinajstić information content (AvgIpc) is 3.10. The van der Waals surface area contributed by atoms with E-state index < -0.39 is 0 Å². The molecule has 2 N–H and O–H groups in total. The number of carbonyl (C=O) groups excluding carboxylic acids is 1. The topological polar surface area (TPSA) is 60.0 Å². The lowest BCUT2D eigenvalue weighted by Gasteiger charge is -2.21. The Morgan fingerprint density at radius 1 is 1.25 bits per heavy atom. The fourth-order valence-electron chi connectivity index (χ4n) is 3.40. The first-order valence-corrected chi connectivity index (χ1v) is 10.4. The molecule has 28 heavy (non-hydrogen) atoms. The van der Waals surface area contributed by atoms with E-state index in [1.54, 1.807) is 6.07 Å². The van der Waals surface area contributed by atoms with Crippen LogP contribution >= 0.6 is 0 Å². The SMILES string of the molecule is CCNC(=NCc1ccc(N(CC)CC)c(F)c1)NCCCN1CCCC1=O. The number of nitrogens with zero attached hydrogens (tertiary/aromatic N) is 3. The molecule has 2 rings (SSSR count). The number of anilines is 1. The molecule has 0 radical (unpaired) electrons. The fourth-order valence-corrected chi connectivity index (χ4v) is 3.40.